The van der Waals surface area contributed by atoms with Gasteiger partial charge in [0.15, 0.2) is 0 Å². The SMILES string of the molecule is COc1ccc(OCCS(=O)(=O)c2nnc3n(C(C)C)c4ccccc4n23)cc1. The summed E-state index contributed by atoms with van der Waals surface area (Å²) in [7, 11) is -2.12. The summed E-state index contributed by atoms with van der Waals surface area (Å²) < 4.78 is 40.3. The number of nitrogens with zero attached hydrogens (tertiary/aromatic N) is 4. The van der Waals surface area contributed by atoms with E-state index in [4.69, 9.17) is 9.47 Å². The predicted octanol–water partition coefficient (Wildman–Crippen LogP) is 3.13. The number of sulfone groups is 1. The van der Waals surface area contributed by atoms with Crippen molar-refractivity contribution < 1.29 is 17.9 Å². The molecule has 0 aliphatic rings. The second kappa shape index (κ2) is 7.40. The molecule has 152 valence electrons. The quantitative estimate of drug-likeness (QED) is 0.462. The number of methoxy groups -OCH3 is 1. The van der Waals surface area contributed by atoms with Crippen LogP contribution in [0.3, 0.4) is 0 Å². The van der Waals surface area contributed by atoms with Crippen LogP contribution >= 0.6 is 0 Å². The Hall–Kier alpha value is -3.07. The van der Waals surface area contributed by atoms with Crippen LogP contribution in [-0.4, -0.2) is 47.1 Å². The van der Waals surface area contributed by atoms with Crippen molar-refractivity contribution in [2.24, 2.45) is 0 Å². The molecule has 0 saturated heterocycles. The van der Waals surface area contributed by atoms with Crippen molar-refractivity contribution in [2.45, 2.75) is 25.0 Å². The van der Waals surface area contributed by atoms with Crippen LogP contribution in [0.15, 0.2) is 53.7 Å². The minimum atomic E-state index is -3.70. The zero-order valence-electron chi connectivity index (χ0n) is 16.4. The van der Waals surface area contributed by atoms with Gasteiger partial charge in [-0.1, -0.05) is 12.1 Å². The van der Waals surface area contributed by atoms with Gasteiger partial charge in [0.05, 0.1) is 23.9 Å². The Labute approximate surface area is 168 Å². The predicted molar refractivity (Wildman–Crippen MR) is 109 cm³/mol. The molecule has 0 saturated carbocycles. The standard InChI is InChI=1S/C20H22N4O4S/c1-14(2)23-17-6-4-5-7-18(17)24-19(23)21-22-20(24)29(25,26)13-12-28-16-10-8-15(27-3)9-11-16/h4-11,14H,12-13H2,1-3H3. The van der Waals surface area contributed by atoms with Crippen LogP contribution in [0.4, 0.5) is 0 Å². The highest BCUT2D eigenvalue weighted by Gasteiger charge is 2.26. The van der Waals surface area contributed by atoms with Crippen LogP contribution in [0.5, 0.6) is 11.5 Å². The van der Waals surface area contributed by atoms with Gasteiger partial charge in [0.2, 0.25) is 15.6 Å². The summed E-state index contributed by atoms with van der Waals surface area (Å²) in [4.78, 5) is 0. The summed E-state index contributed by atoms with van der Waals surface area (Å²) in [5.74, 6) is 1.58. The number of rotatable bonds is 7. The lowest BCUT2D eigenvalue weighted by Crippen LogP contribution is -2.16. The first-order valence-corrected chi connectivity index (χ1v) is 10.9. The number of para-hydroxylation sites is 2. The van der Waals surface area contributed by atoms with Crippen LogP contribution in [0, 0.1) is 0 Å². The van der Waals surface area contributed by atoms with Crippen LogP contribution < -0.4 is 9.47 Å². The van der Waals surface area contributed by atoms with Crippen LogP contribution in [0.1, 0.15) is 19.9 Å². The van der Waals surface area contributed by atoms with Gasteiger partial charge >= 0.3 is 0 Å². The van der Waals surface area contributed by atoms with Crippen molar-refractivity contribution in [1.82, 2.24) is 19.2 Å². The molecule has 2 aromatic carbocycles. The lowest BCUT2D eigenvalue weighted by Gasteiger charge is -2.07. The molecule has 0 aliphatic carbocycles. The lowest BCUT2D eigenvalue weighted by atomic mass is 10.3. The van der Waals surface area contributed by atoms with Gasteiger partial charge in [0, 0.05) is 6.04 Å². The topological polar surface area (TPSA) is 87.7 Å². The summed E-state index contributed by atoms with van der Waals surface area (Å²) in [5.41, 5.74) is 1.68. The molecule has 0 bridgehead atoms. The average Bonchev–Trinajstić information content (AvgIpc) is 3.26. The van der Waals surface area contributed by atoms with E-state index in [2.05, 4.69) is 10.2 Å². The van der Waals surface area contributed by atoms with E-state index in [9.17, 15) is 8.42 Å². The van der Waals surface area contributed by atoms with Gasteiger partial charge in [-0.2, -0.15) is 0 Å². The highest BCUT2D eigenvalue weighted by molar-refractivity contribution is 7.91. The monoisotopic (exact) mass is 414 g/mol. The van der Waals surface area contributed by atoms with Crippen LogP contribution in [0.25, 0.3) is 16.8 Å². The molecule has 0 aliphatic heterocycles. The highest BCUT2D eigenvalue weighted by Crippen LogP contribution is 2.26. The molecule has 8 nitrogen and oxygen atoms in total. The molecule has 9 heteroatoms. The summed E-state index contributed by atoms with van der Waals surface area (Å²) in [6, 6.07) is 14.7. The smallest absolute Gasteiger partial charge is 0.256 e. The molecule has 2 aromatic heterocycles. The van der Waals surface area contributed by atoms with E-state index in [0.717, 1.165) is 11.0 Å². The molecule has 0 radical (unpaired) electrons. The number of hydrogen-bond acceptors (Lipinski definition) is 6. The Bertz CT molecular complexity index is 1260. The van der Waals surface area contributed by atoms with E-state index < -0.39 is 9.84 Å². The maximum absolute atomic E-state index is 13.0. The van der Waals surface area contributed by atoms with E-state index in [0.29, 0.717) is 17.3 Å². The van der Waals surface area contributed by atoms with Gasteiger partial charge in [-0.3, -0.25) is 0 Å². The second-order valence-corrected chi connectivity index (χ2v) is 8.92. The van der Waals surface area contributed by atoms with Gasteiger partial charge in [0.1, 0.15) is 18.1 Å². The Morgan fingerprint density at radius 1 is 0.966 bits per heavy atom. The molecule has 0 fully saturated rings. The zero-order valence-corrected chi connectivity index (χ0v) is 17.3. The normalized spacial score (nSPS) is 12.1. The zero-order chi connectivity index (χ0) is 20.6. The first kappa shape index (κ1) is 19.3. The van der Waals surface area contributed by atoms with E-state index in [1.165, 1.54) is 0 Å². The van der Waals surface area contributed by atoms with Gasteiger partial charge in [-0.25, -0.2) is 12.8 Å². The third kappa shape index (κ3) is 3.42. The van der Waals surface area contributed by atoms with Gasteiger partial charge in [-0.15, -0.1) is 10.2 Å². The maximum Gasteiger partial charge on any atom is 0.256 e. The Morgan fingerprint density at radius 2 is 1.62 bits per heavy atom. The van der Waals surface area contributed by atoms with Crippen LogP contribution in [0.2, 0.25) is 0 Å². The van der Waals surface area contributed by atoms with E-state index in [1.807, 2.05) is 42.7 Å². The van der Waals surface area contributed by atoms with Crippen molar-refractivity contribution in [3.63, 3.8) is 0 Å². The fourth-order valence-electron chi connectivity index (χ4n) is 3.34. The molecular weight excluding hydrogens is 392 g/mol. The minimum Gasteiger partial charge on any atom is -0.497 e. The van der Waals surface area contributed by atoms with E-state index in [1.54, 1.807) is 35.8 Å². The Morgan fingerprint density at radius 3 is 2.28 bits per heavy atom. The highest BCUT2D eigenvalue weighted by atomic mass is 32.2. The molecule has 29 heavy (non-hydrogen) atoms. The summed E-state index contributed by atoms with van der Waals surface area (Å²) in [6.45, 7) is 4.06. The maximum atomic E-state index is 13.0. The molecular formula is C20H22N4O4S. The minimum absolute atomic E-state index is 0.00635. The van der Waals surface area contributed by atoms with Gasteiger partial charge in [-0.05, 0) is 50.2 Å². The third-order valence-electron chi connectivity index (χ3n) is 4.69. The summed E-state index contributed by atoms with van der Waals surface area (Å²) in [5, 5.41) is 8.10. The second-order valence-electron chi connectivity index (χ2n) is 6.91. The fraction of sp³-hybridized carbons (Fsp3) is 0.300. The van der Waals surface area contributed by atoms with E-state index in [-0.39, 0.29) is 23.6 Å². The third-order valence-corrected chi connectivity index (χ3v) is 6.21. The molecule has 4 rings (SSSR count). The van der Waals surface area contributed by atoms with Crippen molar-refractivity contribution in [3.05, 3.63) is 48.5 Å². The first-order chi connectivity index (χ1) is 13.9. The number of hydrogen-bond donors (Lipinski definition) is 0. The van der Waals surface area contributed by atoms with Gasteiger partial charge < -0.3 is 14.0 Å². The van der Waals surface area contributed by atoms with Gasteiger partial charge in [0.25, 0.3) is 5.16 Å². The summed E-state index contributed by atoms with van der Waals surface area (Å²) in [6.07, 6.45) is 0. The van der Waals surface area contributed by atoms with Crippen molar-refractivity contribution in [3.8, 4) is 11.5 Å². The molecule has 0 amide bonds. The lowest BCUT2D eigenvalue weighted by molar-refractivity contribution is 0.339. The molecule has 4 aromatic rings. The molecule has 0 spiro atoms. The molecule has 2 heterocycles. The number of ether oxygens (including phenoxy) is 2. The largest absolute Gasteiger partial charge is 0.497 e. The summed E-state index contributed by atoms with van der Waals surface area (Å²) >= 11 is 0. The van der Waals surface area contributed by atoms with Crippen LogP contribution in [-0.2, 0) is 9.84 Å². The van der Waals surface area contributed by atoms with Crippen molar-refractivity contribution >= 4 is 26.6 Å². The number of imidazole rings is 1. The number of aromatic nitrogens is 4. The van der Waals surface area contributed by atoms with Crippen molar-refractivity contribution in [2.75, 3.05) is 19.5 Å². The Balaban J connectivity index is 1.64. The Kier molecular flexibility index (Phi) is 4.91. The average molecular weight is 414 g/mol. The van der Waals surface area contributed by atoms with Crippen molar-refractivity contribution in [1.29, 1.82) is 0 Å². The number of fused-ring (bicyclic) bond motifs is 3. The fourth-order valence-corrected chi connectivity index (χ4v) is 4.45. The first-order valence-electron chi connectivity index (χ1n) is 9.26. The van der Waals surface area contributed by atoms with E-state index >= 15 is 0 Å². The molecule has 0 unspecified atom stereocenters. The number of benzene rings is 2. The molecule has 0 atom stereocenters. The molecule has 0 N–H and O–H groups in total.